The molecule has 0 bridgehead atoms. The number of nitrogens with one attached hydrogen (secondary N) is 1. The van der Waals surface area contributed by atoms with Gasteiger partial charge in [0.1, 0.15) is 13.2 Å². The molecule has 0 heterocycles. The van der Waals surface area contributed by atoms with Gasteiger partial charge in [0.15, 0.2) is 0 Å². The third-order valence-corrected chi connectivity index (χ3v) is 15.5. The van der Waals surface area contributed by atoms with E-state index in [0.717, 1.165) is 44.9 Å². The summed E-state index contributed by atoms with van der Waals surface area (Å²) in [7, 11) is 1.25. The van der Waals surface area contributed by atoms with Gasteiger partial charge in [-0.2, -0.15) is 0 Å². The maximum atomic E-state index is 13.0. The zero-order chi connectivity index (χ0) is 54.2. The zero-order valence-electron chi connectivity index (χ0n) is 49.8. The summed E-state index contributed by atoms with van der Waals surface area (Å²) in [6.45, 7) is 4.63. The molecule has 1 amide bonds. The average molecular weight is 1060 g/mol. The van der Waals surface area contributed by atoms with Gasteiger partial charge >= 0.3 is 0 Å². The monoisotopic (exact) mass is 1060 g/mol. The van der Waals surface area contributed by atoms with Crippen molar-refractivity contribution in [2.45, 2.75) is 321 Å². The van der Waals surface area contributed by atoms with E-state index in [-0.39, 0.29) is 19.1 Å². The fourth-order valence-corrected chi connectivity index (χ4v) is 10.2. The summed E-state index contributed by atoms with van der Waals surface area (Å²) in [6, 6.07) is -0.901. The smallest absolute Gasteiger partial charge is 0.268 e. The van der Waals surface area contributed by atoms with Crippen molar-refractivity contribution in [2.24, 2.45) is 0 Å². The summed E-state index contributed by atoms with van der Waals surface area (Å²) in [5.41, 5.74) is 0. The summed E-state index contributed by atoms with van der Waals surface area (Å²) in [6.07, 6.45) is 75.3. The lowest BCUT2D eigenvalue weighted by atomic mass is 10.0. The van der Waals surface area contributed by atoms with E-state index in [0.29, 0.717) is 17.4 Å². The molecule has 0 saturated heterocycles. The molecule has 74 heavy (non-hydrogen) atoms. The Bertz CT molecular complexity index is 1340. The quantitative estimate of drug-likeness (QED) is 0.0272. The Labute approximate surface area is 460 Å². The number of phosphoric acid groups is 1. The topological polar surface area (TPSA) is 108 Å². The first-order valence-corrected chi connectivity index (χ1v) is 33.5. The number of rotatable bonds is 59. The Morgan fingerprint density at radius 3 is 1.18 bits per heavy atom. The first-order chi connectivity index (χ1) is 36.0. The number of nitrogens with zero attached hydrogens (tertiary/aromatic N) is 1. The van der Waals surface area contributed by atoms with Gasteiger partial charge in [-0.1, -0.05) is 287 Å². The summed E-state index contributed by atoms with van der Waals surface area (Å²) >= 11 is 0. The van der Waals surface area contributed by atoms with E-state index in [1.807, 2.05) is 27.2 Å². The minimum absolute atomic E-state index is 0.00520. The number of likely N-dealkylation sites (N-methyl/N-ethyl adjacent to an activating group) is 1. The average Bonchev–Trinajstić information content (AvgIpc) is 3.36. The van der Waals surface area contributed by atoms with Crippen LogP contribution in [0, 0.1) is 0 Å². The molecule has 3 atom stereocenters. The Morgan fingerprint density at radius 1 is 0.473 bits per heavy atom. The Kier molecular flexibility index (Phi) is 55.0. The van der Waals surface area contributed by atoms with Gasteiger partial charge in [0.25, 0.3) is 7.82 Å². The molecule has 436 valence electrons. The minimum atomic E-state index is -4.60. The van der Waals surface area contributed by atoms with Gasteiger partial charge < -0.3 is 28.8 Å². The van der Waals surface area contributed by atoms with Crippen LogP contribution in [-0.2, 0) is 18.4 Å². The molecule has 3 unspecified atom stereocenters. The van der Waals surface area contributed by atoms with Crippen molar-refractivity contribution in [3.8, 4) is 0 Å². The predicted molar refractivity (Wildman–Crippen MR) is 321 cm³/mol. The molecule has 0 aromatic carbocycles. The van der Waals surface area contributed by atoms with E-state index in [9.17, 15) is 19.4 Å². The molecule has 0 saturated carbocycles. The number of allylic oxidation sites excluding steroid dienone is 7. The standard InChI is InChI=1S/C65H125N2O6P/c1-6-8-10-12-14-16-18-20-21-22-23-24-25-26-27-28-29-30-31-32-33-34-35-36-37-38-39-40-41-42-43-44-45-47-49-51-53-55-57-59-65(69)66-63(62-73-74(70,71)72-61-60-67(3,4)5)64(68)58-56-54-52-50-48-46-19-17-15-13-11-9-7-2/h18,20,22-23,48,50,56,58,63-64,68H,6-17,19,21,24-47,49,51-55,57,59-62H2,1-5H3,(H-,66,69,70,71)/b20-18-,23-22-,50-48+,58-56+. The molecule has 0 spiro atoms. The largest absolute Gasteiger partial charge is 0.756 e. The molecule has 0 rings (SSSR count). The van der Waals surface area contributed by atoms with Gasteiger partial charge in [-0.15, -0.1) is 0 Å². The molecule has 0 aromatic heterocycles. The summed E-state index contributed by atoms with van der Waals surface area (Å²) in [5.74, 6) is -0.203. The van der Waals surface area contributed by atoms with E-state index < -0.39 is 20.0 Å². The van der Waals surface area contributed by atoms with E-state index in [1.165, 1.54) is 244 Å². The van der Waals surface area contributed by atoms with Crippen LogP contribution >= 0.6 is 7.82 Å². The number of quaternary nitrogens is 1. The number of phosphoric ester groups is 1. The molecule has 0 radical (unpaired) electrons. The molecular weight excluding hydrogens is 936 g/mol. The molecule has 9 heteroatoms. The Hall–Kier alpha value is -1.54. The van der Waals surface area contributed by atoms with Gasteiger partial charge in [-0.25, -0.2) is 0 Å². The maximum absolute atomic E-state index is 13.0. The lowest BCUT2D eigenvalue weighted by Gasteiger charge is -2.29. The van der Waals surface area contributed by atoms with Gasteiger partial charge in [-0.05, 0) is 64.2 Å². The maximum Gasteiger partial charge on any atom is 0.268 e. The second-order valence-corrected chi connectivity index (χ2v) is 24.5. The molecule has 0 aliphatic rings. The summed E-state index contributed by atoms with van der Waals surface area (Å²) in [4.78, 5) is 25.5. The third kappa shape index (κ3) is 58.1. The fraction of sp³-hybridized carbons (Fsp3) is 0.862. The summed E-state index contributed by atoms with van der Waals surface area (Å²) in [5, 5.41) is 13.8. The molecule has 8 nitrogen and oxygen atoms in total. The van der Waals surface area contributed by atoms with Crippen LogP contribution in [0.5, 0.6) is 0 Å². The predicted octanol–water partition coefficient (Wildman–Crippen LogP) is 19.2. The third-order valence-electron chi connectivity index (χ3n) is 14.5. The van der Waals surface area contributed by atoms with Crippen LogP contribution in [0.4, 0.5) is 0 Å². The second kappa shape index (κ2) is 56.2. The number of unbranched alkanes of at least 4 members (excludes halogenated alkanes) is 40. The first kappa shape index (κ1) is 72.5. The van der Waals surface area contributed by atoms with E-state index in [1.54, 1.807) is 6.08 Å². The lowest BCUT2D eigenvalue weighted by molar-refractivity contribution is -0.870. The van der Waals surface area contributed by atoms with Crippen molar-refractivity contribution >= 4 is 13.7 Å². The fourth-order valence-electron chi connectivity index (χ4n) is 9.50. The molecule has 0 aliphatic carbocycles. The number of aliphatic hydroxyl groups excluding tert-OH is 1. The second-order valence-electron chi connectivity index (χ2n) is 23.1. The normalized spacial score (nSPS) is 14.1. The van der Waals surface area contributed by atoms with Crippen LogP contribution in [0.1, 0.15) is 309 Å². The van der Waals surface area contributed by atoms with Crippen LogP contribution in [0.2, 0.25) is 0 Å². The number of amides is 1. The van der Waals surface area contributed by atoms with Crippen LogP contribution in [0.25, 0.3) is 0 Å². The van der Waals surface area contributed by atoms with Gasteiger partial charge in [0.2, 0.25) is 5.91 Å². The highest BCUT2D eigenvalue weighted by atomic mass is 31.2. The van der Waals surface area contributed by atoms with E-state index in [4.69, 9.17) is 9.05 Å². The van der Waals surface area contributed by atoms with Crippen LogP contribution in [0.3, 0.4) is 0 Å². The van der Waals surface area contributed by atoms with Crippen molar-refractivity contribution in [2.75, 3.05) is 40.9 Å². The van der Waals surface area contributed by atoms with Gasteiger partial charge in [-0.3, -0.25) is 9.36 Å². The highest BCUT2D eigenvalue weighted by Gasteiger charge is 2.23. The highest BCUT2D eigenvalue weighted by molar-refractivity contribution is 7.45. The van der Waals surface area contributed by atoms with Crippen molar-refractivity contribution in [1.29, 1.82) is 0 Å². The van der Waals surface area contributed by atoms with E-state index in [2.05, 4.69) is 55.6 Å². The SMILES string of the molecule is CCCCCCC/C=C\C/C=C\CCCCCCCCCCCCCCCCCCCCCCCCCCCCCC(=O)NC(COP(=O)([O-])OCC[N+](C)(C)C)C(O)/C=C/CC/C=C/CCCCCCCCC. The number of carbonyl (C=O) groups is 1. The lowest BCUT2D eigenvalue weighted by Crippen LogP contribution is -2.45. The van der Waals surface area contributed by atoms with E-state index >= 15 is 0 Å². The Balaban J connectivity index is 3.87. The first-order valence-electron chi connectivity index (χ1n) is 32.0. The van der Waals surface area contributed by atoms with Crippen molar-refractivity contribution < 1.29 is 32.9 Å². The molecule has 0 fully saturated rings. The van der Waals surface area contributed by atoms with Crippen molar-refractivity contribution in [3.63, 3.8) is 0 Å². The number of carbonyl (C=O) groups excluding carboxylic acids is 1. The number of hydrogen-bond acceptors (Lipinski definition) is 6. The van der Waals surface area contributed by atoms with Crippen LogP contribution in [0.15, 0.2) is 48.6 Å². The molecule has 0 aliphatic heterocycles. The number of aliphatic hydroxyl groups is 1. The van der Waals surface area contributed by atoms with Crippen molar-refractivity contribution in [3.05, 3.63) is 48.6 Å². The summed E-state index contributed by atoms with van der Waals surface area (Å²) < 4.78 is 23.3. The van der Waals surface area contributed by atoms with Gasteiger partial charge in [0.05, 0.1) is 39.9 Å². The highest BCUT2D eigenvalue weighted by Crippen LogP contribution is 2.38. The molecule has 0 aromatic rings. The van der Waals surface area contributed by atoms with Crippen LogP contribution in [-0.4, -0.2) is 68.5 Å². The van der Waals surface area contributed by atoms with Crippen molar-refractivity contribution in [1.82, 2.24) is 5.32 Å². The molecule has 2 N–H and O–H groups in total. The molecular formula is C65H125N2O6P. The number of hydrogen-bond donors (Lipinski definition) is 2. The van der Waals surface area contributed by atoms with Gasteiger partial charge in [0, 0.05) is 6.42 Å². The Morgan fingerprint density at radius 2 is 0.797 bits per heavy atom. The zero-order valence-corrected chi connectivity index (χ0v) is 50.7. The van der Waals surface area contributed by atoms with Crippen LogP contribution < -0.4 is 10.2 Å². The minimum Gasteiger partial charge on any atom is -0.756 e.